The zero-order valence-electron chi connectivity index (χ0n) is 28.2. The van der Waals surface area contributed by atoms with E-state index in [2.05, 4.69) is 13.2 Å². The maximum absolute atomic E-state index is 14.6. The van der Waals surface area contributed by atoms with Gasteiger partial charge in [-0.3, -0.25) is 19.2 Å². The van der Waals surface area contributed by atoms with Crippen LogP contribution in [0.1, 0.15) is 57.1 Å². The fourth-order valence-corrected chi connectivity index (χ4v) is 7.80. The number of allylic oxidation sites excluding steroid dienone is 1. The number of anilines is 1. The molecule has 3 aliphatic heterocycles. The Hall–Kier alpha value is -3.99. The van der Waals surface area contributed by atoms with Crippen LogP contribution in [0, 0.1) is 11.8 Å². The third kappa shape index (κ3) is 7.04. The number of nitrogens with zero attached hydrogens (tertiary/aromatic N) is 3. The van der Waals surface area contributed by atoms with Crippen LogP contribution in [0.4, 0.5) is 5.69 Å². The Labute approximate surface area is 293 Å². The fraction of sp³-hybridized carbons (Fsp3) is 0.474. The molecule has 1 N–H and O–H groups in total. The van der Waals surface area contributed by atoms with Gasteiger partial charge in [0.1, 0.15) is 17.7 Å². The molecule has 1 spiro atoms. The standard InChI is InChI=1S/C38H46ClN3O7/c1-5-7-15-30(44)40(4)25(3)33(26-13-9-8-10-14-26)48-37(47)31-29-20-21-38(49-29)32(31)35(45)42(23-11-12-24-43)34(38)36(46)41(22-6-2)28-18-16-27(39)17-19-28/h5-6,8-10,13-14,16-19,25,29,31-34,43H,1-2,7,11-12,15,20-24H2,3-4H3/t25-,29-,31+,32+,33+,34-,38+/m1/s1. The molecule has 0 aliphatic carbocycles. The van der Waals surface area contributed by atoms with Crippen molar-refractivity contribution in [3.8, 4) is 0 Å². The average Bonchev–Trinajstić information content (AvgIpc) is 3.75. The van der Waals surface area contributed by atoms with E-state index in [-0.39, 0.29) is 43.8 Å². The van der Waals surface area contributed by atoms with Gasteiger partial charge in [-0.1, -0.05) is 54.1 Å². The topological polar surface area (TPSA) is 117 Å². The lowest BCUT2D eigenvalue weighted by Crippen LogP contribution is -2.56. The Balaban J connectivity index is 1.48. The number of hydrogen-bond acceptors (Lipinski definition) is 7. The molecule has 5 rings (SSSR count). The number of likely N-dealkylation sites (N-methyl/N-ethyl adjacent to an activating group) is 1. The van der Waals surface area contributed by atoms with Crippen molar-refractivity contribution in [1.82, 2.24) is 9.80 Å². The number of benzene rings is 2. The van der Waals surface area contributed by atoms with Crippen molar-refractivity contribution in [3.05, 3.63) is 90.5 Å². The molecule has 262 valence electrons. The molecule has 11 heteroatoms. The minimum atomic E-state index is -1.24. The average molecular weight is 692 g/mol. The molecule has 0 aromatic heterocycles. The van der Waals surface area contributed by atoms with Crippen molar-refractivity contribution in [2.24, 2.45) is 11.8 Å². The van der Waals surface area contributed by atoms with Gasteiger partial charge < -0.3 is 29.3 Å². The van der Waals surface area contributed by atoms with E-state index in [1.807, 2.05) is 37.3 Å². The van der Waals surface area contributed by atoms with Gasteiger partial charge in [0, 0.05) is 43.9 Å². The minimum absolute atomic E-state index is 0.0559. The Bertz CT molecular complexity index is 1540. The molecule has 7 atom stereocenters. The van der Waals surface area contributed by atoms with Gasteiger partial charge in [-0.05, 0) is 68.9 Å². The molecule has 2 bridgehead atoms. The van der Waals surface area contributed by atoms with Crippen LogP contribution in [-0.4, -0.2) is 89.1 Å². The summed E-state index contributed by atoms with van der Waals surface area (Å²) < 4.78 is 12.9. The van der Waals surface area contributed by atoms with Crippen LogP contribution in [-0.2, 0) is 28.7 Å². The first-order valence-corrected chi connectivity index (χ1v) is 17.4. The highest BCUT2D eigenvalue weighted by Crippen LogP contribution is 2.59. The van der Waals surface area contributed by atoms with Gasteiger partial charge in [0.2, 0.25) is 11.8 Å². The van der Waals surface area contributed by atoms with Crippen molar-refractivity contribution in [1.29, 1.82) is 0 Å². The van der Waals surface area contributed by atoms with Crippen LogP contribution < -0.4 is 4.90 Å². The first-order valence-electron chi connectivity index (χ1n) is 17.0. The summed E-state index contributed by atoms with van der Waals surface area (Å²) in [6.45, 7) is 9.73. The number of carbonyl (C=O) groups is 4. The number of esters is 1. The van der Waals surface area contributed by atoms with E-state index in [9.17, 15) is 24.3 Å². The number of aliphatic hydroxyl groups is 1. The molecule has 49 heavy (non-hydrogen) atoms. The lowest BCUT2D eigenvalue weighted by Gasteiger charge is -2.37. The second-order valence-corrected chi connectivity index (χ2v) is 13.5. The van der Waals surface area contributed by atoms with Gasteiger partial charge in [-0.15, -0.1) is 13.2 Å². The number of likely N-dealkylation sites (tertiary alicyclic amines) is 1. The fourth-order valence-electron chi connectivity index (χ4n) is 7.68. The summed E-state index contributed by atoms with van der Waals surface area (Å²) >= 11 is 6.15. The molecular weight excluding hydrogens is 646 g/mol. The number of carbonyl (C=O) groups excluding carboxylic acids is 4. The van der Waals surface area contributed by atoms with Gasteiger partial charge in [0.25, 0.3) is 5.91 Å². The minimum Gasteiger partial charge on any atom is -0.455 e. The Morgan fingerprint density at radius 1 is 1.12 bits per heavy atom. The van der Waals surface area contributed by atoms with E-state index >= 15 is 0 Å². The predicted octanol–water partition coefficient (Wildman–Crippen LogP) is 5.10. The zero-order valence-corrected chi connectivity index (χ0v) is 29.0. The van der Waals surface area contributed by atoms with E-state index in [1.165, 1.54) is 0 Å². The highest BCUT2D eigenvalue weighted by Gasteiger charge is 2.75. The lowest BCUT2D eigenvalue weighted by molar-refractivity contribution is -0.164. The first kappa shape index (κ1) is 36.3. The van der Waals surface area contributed by atoms with E-state index in [0.29, 0.717) is 48.4 Å². The number of rotatable bonds is 16. The predicted molar refractivity (Wildman–Crippen MR) is 187 cm³/mol. The van der Waals surface area contributed by atoms with E-state index < -0.39 is 47.7 Å². The van der Waals surface area contributed by atoms with Crippen LogP contribution in [0.2, 0.25) is 5.02 Å². The van der Waals surface area contributed by atoms with Gasteiger partial charge in [0.15, 0.2) is 0 Å². The van der Waals surface area contributed by atoms with Crippen LogP contribution in [0.5, 0.6) is 0 Å². The van der Waals surface area contributed by atoms with Gasteiger partial charge >= 0.3 is 5.97 Å². The van der Waals surface area contributed by atoms with Crippen LogP contribution in [0.3, 0.4) is 0 Å². The molecule has 3 amide bonds. The number of halogens is 1. The summed E-state index contributed by atoms with van der Waals surface area (Å²) in [4.78, 5) is 61.1. The summed E-state index contributed by atoms with van der Waals surface area (Å²) in [5.41, 5.74) is 0.0654. The molecule has 3 saturated heterocycles. The maximum atomic E-state index is 14.6. The molecule has 2 aromatic carbocycles. The van der Waals surface area contributed by atoms with E-state index in [0.717, 1.165) is 0 Å². The maximum Gasteiger partial charge on any atom is 0.313 e. The molecule has 0 saturated carbocycles. The number of unbranched alkanes of at least 4 members (excludes halogenated alkanes) is 1. The molecule has 0 unspecified atom stereocenters. The molecule has 2 aromatic rings. The zero-order chi connectivity index (χ0) is 35.3. The molecular formula is C38H46ClN3O7. The first-order chi connectivity index (χ1) is 23.6. The monoisotopic (exact) mass is 691 g/mol. The van der Waals surface area contributed by atoms with Gasteiger partial charge in [0.05, 0.1) is 24.0 Å². The smallest absolute Gasteiger partial charge is 0.313 e. The van der Waals surface area contributed by atoms with Gasteiger partial charge in [-0.25, -0.2) is 0 Å². The second-order valence-electron chi connectivity index (χ2n) is 13.1. The summed E-state index contributed by atoms with van der Waals surface area (Å²) in [6.07, 6.45) is 4.49. The van der Waals surface area contributed by atoms with Crippen molar-refractivity contribution < 1.29 is 33.8 Å². The third-order valence-electron chi connectivity index (χ3n) is 10.2. The highest BCUT2D eigenvalue weighted by atomic mass is 35.5. The van der Waals surface area contributed by atoms with Crippen LogP contribution in [0.15, 0.2) is 79.9 Å². The lowest BCUT2D eigenvalue weighted by atomic mass is 9.70. The summed E-state index contributed by atoms with van der Waals surface area (Å²) in [5.74, 6) is -3.26. The summed E-state index contributed by atoms with van der Waals surface area (Å²) in [5, 5.41) is 10.0. The van der Waals surface area contributed by atoms with E-state index in [1.54, 1.807) is 58.2 Å². The highest BCUT2D eigenvalue weighted by molar-refractivity contribution is 6.30. The summed E-state index contributed by atoms with van der Waals surface area (Å²) in [6, 6.07) is 14.6. The van der Waals surface area contributed by atoms with Crippen molar-refractivity contribution in [2.45, 2.75) is 75.3 Å². The van der Waals surface area contributed by atoms with Gasteiger partial charge in [-0.2, -0.15) is 0 Å². The van der Waals surface area contributed by atoms with Crippen LogP contribution >= 0.6 is 11.6 Å². The molecule has 3 aliphatic rings. The quantitative estimate of drug-likeness (QED) is 0.148. The third-order valence-corrected chi connectivity index (χ3v) is 10.5. The molecule has 3 heterocycles. The number of ether oxygens (including phenoxy) is 2. The van der Waals surface area contributed by atoms with E-state index in [4.69, 9.17) is 21.1 Å². The Kier molecular flexibility index (Phi) is 11.6. The SMILES string of the molecule is C=CCCC(=O)N(C)[C@H](C)[C@H](OC(=O)[C@@H]1[C@H]2C(=O)N(CCCCO)[C@H](C(=O)N(CC=C)c3ccc(Cl)cc3)[C@]23CC[C@H]1O3)c1ccccc1. The molecule has 3 fully saturated rings. The van der Waals surface area contributed by atoms with Crippen LogP contribution in [0.25, 0.3) is 0 Å². The second kappa shape index (κ2) is 15.7. The Morgan fingerprint density at radius 3 is 2.49 bits per heavy atom. The molecule has 10 nitrogen and oxygen atoms in total. The molecule has 0 radical (unpaired) electrons. The largest absolute Gasteiger partial charge is 0.455 e. The normalized spacial score (nSPS) is 25.0. The Morgan fingerprint density at radius 2 is 1.84 bits per heavy atom. The van der Waals surface area contributed by atoms with Crippen molar-refractivity contribution in [2.75, 3.05) is 31.6 Å². The number of fused-ring (bicyclic) bond motifs is 1. The number of hydrogen-bond donors (Lipinski definition) is 1. The summed E-state index contributed by atoms with van der Waals surface area (Å²) in [7, 11) is 1.69. The van der Waals surface area contributed by atoms with Crippen molar-refractivity contribution in [3.63, 3.8) is 0 Å². The van der Waals surface area contributed by atoms with Crippen molar-refractivity contribution >= 4 is 41.0 Å². The number of amides is 3. The number of aliphatic hydroxyl groups excluding tert-OH is 1.